The molecule has 2 heterocycles. The maximum atomic E-state index is 5.70. The summed E-state index contributed by atoms with van der Waals surface area (Å²) in [4.78, 5) is 4.28. The van der Waals surface area contributed by atoms with Crippen molar-refractivity contribution in [3.63, 3.8) is 0 Å². The van der Waals surface area contributed by atoms with Crippen molar-refractivity contribution in [3.8, 4) is 5.88 Å². The fourth-order valence-corrected chi connectivity index (χ4v) is 1.77. The molecule has 0 aliphatic heterocycles. The quantitative estimate of drug-likeness (QED) is 0.837. The van der Waals surface area contributed by atoms with E-state index in [2.05, 4.69) is 27.4 Å². The maximum absolute atomic E-state index is 5.70. The fraction of sp³-hybridized carbons (Fsp3) is 0.429. The van der Waals surface area contributed by atoms with Gasteiger partial charge in [0.25, 0.3) is 0 Å². The number of aromatic amines is 1. The SMILES string of the molecule is CC(C)Oc1ncccc1CNC(C)c1ccn[nH]1. The third-order valence-electron chi connectivity index (χ3n) is 2.78. The van der Waals surface area contributed by atoms with Crippen molar-refractivity contribution < 1.29 is 4.74 Å². The molecule has 0 fully saturated rings. The Labute approximate surface area is 113 Å². The molecule has 0 amide bonds. The minimum absolute atomic E-state index is 0.124. The number of H-pyrrole nitrogens is 1. The lowest BCUT2D eigenvalue weighted by atomic mass is 10.2. The minimum Gasteiger partial charge on any atom is -0.475 e. The molecule has 5 heteroatoms. The zero-order chi connectivity index (χ0) is 13.7. The van der Waals surface area contributed by atoms with Gasteiger partial charge < -0.3 is 10.1 Å². The van der Waals surface area contributed by atoms with Crippen molar-refractivity contribution in [2.24, 2.45) is 0 Å². The van der Waals surface area contributed by atoms with E-state index in [1.165, 1.54) is 0 Å². The number of rotatable bonds is 6. The molecule has 2 rings (SSSR count). The number of nitrogens with zero attached hydrogens (tertiary/aromatic N) is 2. The Morgan fingerprint density at radius 1 is 1.26 bits per heavy atom. The zero-order valence-electron chi connectivity index (χ0n) is 11.6. The Morgan fingerprint density at radius 2 is 2.11 bits per heavy atom. The van der Waals surface area contributed by atoms with Crippen LogP contribution in [0.25, 0.3) is 0 Å². The van der Waals surface area contributed by atoms with Crippen LogP contribution in [-0.2, 0) is 6.54 Å². The zero-order valence-corrected chi connectivity index (χ0v) is 11.6. The van der Waals surface area contributed by atoms with Gasteiger partial charge in [-0.1, -0.05) is 6.07 Å². The largest absolute Gasteiger partial charge is 0.475 e. The molecule has 0 aromatic carbocycles. The van der Waals surface area contributed by atoms with Crippen molar-refractivity contribution in [1.82, 2.24) is 20.5 Å². The van der Waals surface area contributed by atoms with E-state index in [-0.39, 0.29) is 12.1 Å². The molecule has 102 valence electrons. The van der Waals surface area contributed by atoms with E-state index in [0.717, 1.165) is 11.3 Å². The van der Waals surface area contributed by atoms with Gasteiger partial charge in [0.15, 0.2) is 0 Å². The van der Waals surface area contributed by atoms with Gasteiger partial charge in [-0.05, 0) is 32.9 Å². The first-order valence-electron chi connectivity index (χ1n) is 6.50. The van der Waals surface area contributed by atoms with Gasteiger partial charge in [0, 0.05) is 30.5 Å². The van der Waals surface area contributed by atoms with E-state index in [1.807, 2.05) is 32.0 Å². The number of nitrogens with one attached hydrogen (secondary N) is 2. The Kier molecular flexibility index (Phi) is 4.52. The first kappa shape index (κ1) is 13.5. The van der Waals surface area contributed by atoms with Crippen LogP contribution in [0.5, 0.6) is 5.88 Å². The topological polar surface area (TPSA) is 62.8 Å². The fourth-order valence-electron chi connectivity index (χ4n) is 1.77. The molecule has 2 N–H and O–H groups in total. The van der Waals surface area contributed by atoms with Crippen LogP contribution in [0.3, 0.4) is 0 Å². The highest BCUT2D eigenvalue weighted by Gasteiger charge is 2.10. The van der Waals surface area contributed by atoms with Gasteiger partial charge in [-0.3, -0.25) is 5.10 Å². The van der Waals surface area contributed by atoms with Crippen molar-refractivity contribution in [1.29, 1.82) is 0 Å². The third kappa shape index (κ3) is 3.79. The van der Waals surface area contributed by atoms with E-state index in [4.69, 9.17) is 4.74 Å². The molecule has 0 bridgehead atoms. The predicted octanol–water partition coefficient (Wildman–Crippen LogP) is 2.44. The number of ether oxygens (including phenoxy) is 1. The summed E-state index contributed by atoms with van der Waals surface area (Å²) in [6.07, 6.45) is 3.63. The van der Waals surface area contributed by atoms with Crippen molar-refractivity contribution in [3.05, 3.63) is 41.9 Å². The highest BCUT2D eigenvalue weighted by molar-refractivity contribution is 5.25. The molecular formula is C14H20N4O. The molecule has 1 atom stereocenters. The normalized spacial score (nSPS) is 12.6. The molecule has 0 spiro atoms. The summed E-state index contributed by atoms with van der Waals surface area (Å²) in [7, 11) is 0. The van der Waals surface area contributed by atoms with Gasteiger partial charge >= 0.3 is 0 Å². The van der Waals surface area contributed by atoms with E-state index >= 15 is 0 Å². The van der Waals surface area contributed by atoms with E-state index < -0.39 is 0 Å². The second-order valence-electron chi connectivity index (χ2n) is 4.75. The van der Waals surface area contributed by atoms with Crippen LogP contribution in [0.4, 0.5) is 0 Å². The molecule has 2 aromatic rings. The Hall–Kier alpha value is -1.88. The average molecular weight is 260 g/mol. The van der Waals surface area contributed by atoms with E-state index in [9.17, 15) is 0 Å². The first-order valence-corrected chi connectivity index (χ1v) is 6.50. The average Bonchev–Trinajstić information content (AvgIpc) is 2.90. The van der Waals surface area contributed by atoms with Gasteiger partial charge in [-0.15, -0.1) is 0 Å². The monoisotopic (exact) mass is 260 g/mol. The summed E-state index contributed by atoms with van der Waals surface area (Å²) >= 11 is 0. The number of hydrogen-bond acceptors (Lipinski definition) is 4. The van der Waals surface area contributed by atoms with Gasteiger partial charge in [-0.2, -0.15) is 5.10 Å². The Morgan fingerprint density at radius 3 is 2.79 bits per heavy atom. The molecule has 0 radical (unpaired) electrons. The molecule has 0 saturated carbocycles. The molecule has 0 saturated heterocycles. The highest BCUT2D eigenvalue weighted by atomic mass is 16.5. The number of pyridine rings is 1. The maximum Gasteiger partial charge on any atom is 0.218 e. The van der Waals surface area contributed by atoms with Crippen LogP contribution in [0, 0.1) is 0 Å². The van der Waals surface area contributed by atoms with Crippen LogP contribution < -0.4 is 10.1 Å². The summed E-state index contributed by atoms with van der Waals surface area (Å²) < 4.78 is 5.70. The summed E-state index contributed by atoms with van der Waals surface area (Å²) in [5.41, 5.74) is 2.12. The molecular weight excluding hydrogens is 240 g/mol. The summed E-state index contributed by atoms with van der Waals surface area (Å²) in [5, 5.41) is 10.3. The molecule has 0 aliphatic carbocycles. The van der Waals surface area contributed by atoms with Crippen LogP contribution in [-0.4, -0.2) is 21.3 Å². The summed E-state index contributed by atoms with van der Waals surface area (Å²) in [6.45, 7) is 6.79. The third-order valence-corrected chi connectivity index (χ3v) is 2.78. The first-order chi connectivity index (χ1) is 9.16. The smallest absolute Gasteiger partial charge is 0.218 e. The van der Waals surface area contributed by atoms with Crippen LogP contribution in [0.2, 0.25) is 0 Å². The lowest BCUT2D eigenvalue weighted by molar-refractivity contribution is 0.229. The predicted molar refractivity (Wildman–Crippen MR) is 73.8 cm³/mol. The second-order valence-corrected chi connectivity index (χ2v) is 4.75. The lowest BCUT2D eigenvalue weighted by Gasteiger charge is -2.15. The van der Waals surface area contributed by atoms with Gasteiger partial charge in [-0.25, -0.2) is 4.98 Å². The number of aromatic nitrogens is 3. The van der Waals surface area contributed by atoms with Crippen LogP contribution in [0.1, 0.15) is 38.1 Å². The Bertz CT molecular complexity index is 496. The summed E-state index contributed by atoms with van der Waals surface area (Å²) in [6, 6.07) is 6.11. The van der Waals surface area contributed by atoms with E-state index in [0.29, 0.717) is 12.4 Å². The van der Waals surface area contributed by atoms with Crippen LogP contribution in [0.15, 0.2) is 30.6 Å². The van der Waals surface area contributed by atoms with Gasteiger partial charge in [0.05, 0.1) is 11.8 Å². The molecule has 5 nitrogen and oxygen atoms in total. The second kappa shape index (κ2) is 6.33. The number of hydrogen-bond donors (Lipinski definition) is 2. The van der Waals surface area contributed by atoms with Crippen LogP contribution >= 0.6 is 0 Å². The molecule has 2 aromatic heterocycles. The lowest BCUT2D eigenvalue weighted by Crippen LogP contribution is -2.20. The van der Waals surface area contributed by atoms with Gasteiger partial charge in [0.1, 0.15) is 0 Å². The Balaban J connectivity index is 1.99. The molecule has 0 aliphatic rings. The molecule has 19 heavy (non-hydrogen) atoms. The van der Waals surface area contributed by atoms with Crippen molar-refractivity contribution >= 4 is 0 Å². The highest BCUT2D eigenvalue weighted by Crippen LogP contribution is 2.17. The van der Waals surface area contributed by atoms with Gasteiger partial charge in [0.2, 0.25) is 5.88 Å². The summed E-state index contributed by atoms with van der Waals surface area (Å²) in [5.74, 6) is 0.696. The minimum atomic E-state index is 0.124. The van der Waals surface area contributed by atoms with Crippen molar-refractivity contribution in [2.75, 3.05) is 0 Å². The molecule has 1 unspecified atom stereocenters. The van der Waals surface area contributed by atoms with Crippen molar-refractivity contribution in [2.45, 2.75) is 39.5 Å². The van der Waals surface area contributed by atoms with E-state index in [1.54, 1.807) is 12.4 Å². The standard InChI is InChI=1S/C14H20N4O/c1-10(2)19-14-12(5-4-7-15-14)9-16-11(3)13-6-8-17-18-13/h4-8,10-11,16H,9H2,1-3H3,(H,17,18).